The number of nitro benzene ring substituents is 1. The maximum absolute atomic E-state index is 11.3. The van der Waals surface area contributed by atoms with Gasteiger partial charge in [0.15, 0.2) is 0 Å². The van der Waals surface area contributed by atoms with Gasteiger partial charge in [-0.1, -0.05) is 18.2 Å². The van der Waals surface area contributed by atoms with Gasteiger partial charge in [-0.05, 0) is 12.1 Å². The van der Waals surface area contributed by atoms with E-state index in [-0.39, 0.29) is 21.8 Å². The molecule has 0 fully saturated rings. The molecule has 0 bridgehead atoms. The summed E-state index contributed by atoms with van der Waals surface area (Å²) in [4.78, 5) is 28.5. The number of benzene rings is 2. The summed E-state index contributed by atoms with van der Waals surface area (Å²) in [7, 11) is -4.44. The van der Waals surface area contributed by atoms with Gasteiger partial charge in [0.1, 0.15) is 0 Å². The number of hydrogen-bond acceptors (Lipinski definition) is 3. The van der Waals surface area contributed by atoms with Gasteiger partial charge in [0.25, 0.3) is 5.69 Å². The fourth-order valence-electron chi connectivity index (χ4n) is 1.69. The highest BCUT2D eigenvalue weighted by molar-refractivity contribution is 7.60. The summed E-state index contributed by atoms with van der Waals surface area (Å²) in [6, 6.07) is 8.28. The van der Waals surface area contributed by atoms with Crippen LogP contribution in [0.1, 0.15) is 0 Å². The number of nitrogens with zero attached hydrogens (tertiary/aromatic N) is 1. The van der Waals surface area contributed by atoms with Gasteiger partial charge in [-0.3, -0.25) is 14.7 Å². The van der Waals surface area contributed by atoms with Crippen molar-refractivity contribution >= 4 is 29.4 Å². The molecule has 2 aromatic carbocycles. The second kappa shape index (κ2) is 3.92. The van der Waals surface area contributed by atoms with Crippen molar-refractivity contribution < 1.29 is 19.3 Å². The maximum atomic E-state index is 11.3. The van der Waals surface area contributed by atoms with Gasteiger partial charge in [-0.15, -0.1) is 0 Å². The third-order valence-corrected chi connectivity index (χ3v) is 3.40. The molecule has 2 rings (SSSR count). The first-order valence-corrected chi connectivity index (χ1v) is 6.25. The fraction of sp³-hybridized carbons (Fsp3) is 0. The zero-order valence-electron chi connectivity index (χ0n) is 8.48. The molecular formula is C10H8NO5P. The van der Waals surface area contributed by atoms with E-state index in [0.29, 0.717) is 0 Å². The van der Waals surface area contributed by atoms with Crippen LogP contribution in [0.15, 0.2) is 36.4 Å². The van der Waals surface area contributed by atoms with E-state index in [9.17, 15) is 14.7 Å². The third-order valence-electron chi connectivity index (χ3n) is 2.39. The lowest BCUT2D eigenvalue weighted by molar-refractivity contribution is -0.383. The van der Waals surface area contributed by atoms with Crippen molar-refractivity contribution in [1.29, 1.82) is 0 Å². The Morgan fingerprint density at radius 3 is 2.24 bits per heavy atom. The Bertz CT molecular complexity index is 648. The first kappa shape index (κ1) is 11.7. The number of fused-ring (bicyclic) bond motifs is 1. The normalized spacial score (nSPS) is 11.6. The van der Waals surface area contributed by atoms with Gasteiger partial charge in [0.2, 0.25) is 0 Å². The van der Waals surface area contributed by atoms with Gasteiger partial charge < -0.3 is 9.79 Å². The van der Waals surface area contributed by atoms with Crippen LogP contribution in [0.3, 0.4) is 0 Å². The second-order valence-electron chi connectivity index (χ2n) is 3.45. The minimum atomic E-state index is -4.44. The molecule has 2 N–H and O–H groups in total. The SMILES string of the molecule is O=[N+]([O-])c1cccc2c(P(=O)(O)O)cccc12. The fourth-order valence-corrected chi connectivity index (χ4v) is 2.48. The molecule has 0 unspecified atom stereocenters. The number of non-ortho nitro benzene ring substituents is 1. The highest BCUT2D eigenvalue weighted by Crippen LogP contribution is 2.37. The zero-order valence-corrected chi connectivity index (χ0v) is 9.37. The van der Waals surface area contributed by atoms with Crippen molar-refractivity contribution in [2.75, 3.05) is 0 Å². The lowest BCUT2D eigenvalue weighted by Gasteiger charge is -2.07. The molecule has 0 amide bonds. The molecule has 2 aromatic rings. The average molecular weight is 253 g/mol. The van der Waals surface area contributed by atoms with E-state index >= 15 is 0 Å². The van der Waals surface area contributed by atoms with Crippen molar-refractivity contribution in [2.45, 2.75) is 0 Å². The van der Waals surface area contributed by atoms with Crippen LogP contribution in [-0.2, 0) is 4.57 Å². The van der Waals surface area contributed by atoms with Crippen LogP contribution in [-0.4, -0.2) is 14.7 Å². The predicted molar refractivity (Wildman–Crippen MR) is 62.3 cm³/mol. The molecule has 0 aliphatic heterocycles. The van der Waals surface area contributed by atoms with Crippen molar-refractivity contribution in [3.8, 4) is 0 Å². The van der Waals surface area contributed by atoms with Crippen LogP contribution in [0, 0.1) is 10.1 Å². The minimum Gasteiger partial charge on any atom is -0.321 e. The Morgan fingerprint density at radius 1 is 1.06 bits per heavy atom. The van der Waals surface area contributed by atoms with Crippen molar-refractivity contribution in [3.63, 3.8) is 0 Å². The topological polar surface area (TPSA) is 101 Å². The molecule has 0 saturated heterocycles. The number of rotatable bonds is 2. The van der Waals surface area contributed by atoms with Gasteiger partial charge in [-0.2, -0.15) is 0 Å². The Balaban J connectivity index is 2.89. The van der Waals surface area contributed by atoms with Crippen LogP contribution >= 0.6 is 7.60 Å². The lowest BCUT2D eigenvalue weighted by atomic mass is 10.1. The Hall–Kier alpha value is -1.75. The summed E-state index contributed by atoms with van der Waals surface area (Å²) < 4.78 is 11.3. The lowest BCUT2D eigenvalue weighted by Crippen LogP contribution is -2.05. The third kappa shape index (κ3) is 2.06. The van der Waals surface area contributed by atoms with E-state index in [1.807, 2.05) is 0 Å². The number of hydrogen-bond donors (Lipinski definition) is 2. The van der Waals surface area contributed by atoms with Crippen LogP contribution < -0.4 is 5.30 Å². The van der Waals surface area contributed by atoms with Crippen LogP contribution in [0.4, 0.5) is 5.69 Å². The molecule has 17 heavy (non-hydrogen) atoms. The zero-order chi connectivity index (χ0) is 12.6. The van der Waals surface area contributed by atoms with Crippen molar-refractivity contribution in [2.24, 2.45) is 0 Å². The highest BCUT2D eigenvalue weighted by atomic mass is 31.2. The Labute approximate surface area is 95.8 Å². The molecule has 0 saturated carbocycles. The van der Waals surface area contributed by atoms with Crippen LogP contribution in [0.2, 0.25) is 0 Å². The summed E-state index contributed by atoms with van der Waals surface area (Å²) >= 11 is 0. The largest absolute Gasteiger partial charge is 0.356 e. The van der Waals surface area contributed by atoms with E-state index in [2.05, 4.69) is 0 Å². The molecule has 0 spiro atoms. The molecule has 0 aliphatic rings. The highest BCUT2D eigenvalue weighted by Gasteiger charge is 2.22. The van der Waals surface area contributed by atoms with Gasteiger partial charge >= 0.3 is 7.60 Å². The molecule has 88 valence electrons. The first-order chi connectivity index (χ1) is 7.91. The molecule has 0 aliphatic carbocycles. The van der Waals surface area contributed by atoms with E-state index in [1.165, 1.54) is 36.4 Å². The van der Waals surface area contributed by atoms with Gasteiger partial charge in [0.05, 0.1) is 15.6 Å². The monoisotopic (exact) mass is 253 g/mol. The van der Waals surface area contributed by atoms with Crippen molar-refractivity contribution in [3.05, 3.63) is 46.5 Å². The minimum absolute atomic E-state index is 0.169. The van der Waals surface area contributed by atoms with Crippen LogP contribution in [0.25, 0.3) is 10.8 Å². The van der Waals surface area contributed by atoms with Crippen LogP contribution in [0.5, 0.6) is 0 Å². The Morgan fingerprint density at radius 2 is 1.65 bits per heavy atom. The Kier molecular flexibility index (Phi) is 2.71. The standard InChI is InChI=1S/C10H8NO5P/c12-11(13)9-5-1-4-8-7(9)3-2-6-10(8)17(14,15)16/h1-6H,(H2,14,15,16). The summed E-state index contributed by atoms with van der Waals surface area (Å²) in [6.07, 6.45) is 0. The molecule has 0 heterocycles. The second-order valence-corrected chi connectivity index (χ2v) is 5.02. The summed E-state index contributed by atoms with van der Waals surface area (Å²) in [6.45, 7) is 0. The van der Waals surface area contributed by atoms with E-state index in [0.717, 1.165) is 0 Å². The molecule has 0 aromatic heterocycles. The van der Waals surface area contributed by atoms with Crippen molar-refractivity contribution in [1.82, 2.24) is 0 Å². The summed E-state index contributed by atoms with van der Waals surface area (Å²) in [5.74, 6) is 0. The quantitative estimate of drug-likeness (QED) is 0.480. The average Bonchev–Trinajstić information content (AvgIpc) is 2.26. The summed E-state index contributed by atoms with van der Waals surface area (Å²) in [5, 5.41) is 11.0. The molecular weight excluding hydrogens is 245 g/mol. The number of nitro groups is 1. The maximum Gasteiger partial charge on any atom is 0.356 e. The van der Waals surface area contributed by atoms with E-state index in [4.69, 9.17) is 9.79 Å². The first-order valence-electron chi connectivity index (χ1n) is 4.63. The van der Waals surface area contributed by atoms with Gasteiger partial charge in [0, 0.05) is 11.5 Å². The molecule has 6 nitrogen and oxygen atoms in total. The van der Waals surface area contributed by atoms with Gasteiger partial charge in [-0.25, -0.2) is 0 Å². The molecule has 0 radical (unpaired) electrons. The molecule has 0 atom stereocenters. The van der Waals surface area contributed by atoms with E-state index in [1.54, 1.807) is 0 Å². The predicted octanol–water partition coefficient (Wildman–Crippen LogP) is 1.55. The smallest absolute Gasteiger partial charge is 0.321 e. The van der Waals surface area contributed by atoms with E-state index < -0.39 is 12.5 Å². The summed E-state index contributed by atoms with van der Waals surface area (Å²) in [5.41, 5.74) is -0.169. The molecule has 7 heteroatoms.